The first-order valence-electron chi connectivity index (χ1n) is 3.17. The maximum absolute atomic E-state index is 5.30. The molecule has 0 aliphatic rings. The minimum Gasteiger partial charge on any atom is -0.461 e. The van der Waals surface area contributed by atoms with Gasteiger partial charge in [-0.1, -0.05) is 6.58 Å². The summed E-state index contributed by atoms with van der Waals surface area (Å²) in [5.74, 6) is 1.78. The first-order chi connectivity index (χ1) is 4.74. The van der Waals surface area contributed by atoms with Gasteiger partial charge in [-0.3, -0.25) is 0 Å². The first kappa shape index (κ1) is 6.91. The summed E-state index contributed by atoms with van der Waals surface area (Å²) in [6.07, 6.45) is 1.72. The van der Waals surface area contributed by atoms with E-state index >= 15 is 0 Å². The lowest BCUT2D eigenvalue weighted by Crippen LogP contribution is -1.63. The Balaban J connectivity index is 3.09. The fourth-order valence-corrected chi connectivity index (χ4v) is 0.773. The van der Waals surface area contributed by atoms with Crippen molar-refractivity contribution in [3.05, 3.63) is 35.5 Å². The molecule has 0 bridgehead atoms. The number of aryl methyl sites for hydroxylation is 2. The van der Waals surface area contributed by atoms with Crippen molar-refractivity contribution in [2.24, 2.45) is 0 Å². The third-order valence-corrected chi connectivity index (χ3v) is 1.43. The summed E-state index contributed by atoms with van der Waals surface area (Å²) in [5, 5.41) is 0. The summed E-state index contributed by atoms with van der Waals surface area (Å²) in [6, 6.07) is 1.97. The van der Waals surface area contributed by atoms with Crippen molar-refractivity contribution in [1.29, 1.82) is 0 Å². The van der Waals surface area contributed by atoms with Crippen molar-refractivity contribution < 1.29 is 4.42 Å². The number of hydrogen-bond donors (Lipinski definition) is 0. The lowest BCUT2D eigenvalue weighted by molar-refractivity contribution is 0.523. The Morgan fingerprint density at radius 3 is 2.70 bits per heavy atom. The molecule has 0 spiro atoms. The smallest absolute Gasteiger partial charge is 0.134 e. The van der Waals surface area contributed by atoms with E-state index in [0.29, 0.717) is 0 Å². The van der Waals surface area contributed by atoms with E-state index in [4.69, 9.17) is 4.42 Å². The molecule has 0 N–H and O–H groups in total. The van der Waals surface area contributed by atoms with Crippen molar-refractivity contribution in [3.8, 4) is 0 Å². The summed E-state index contributed by atoms with van der Waals surface area (Å²) in [7, 11) is 0. The summed E-state index contributed by atoms with van der Waals surface area (Å²) >= 11 is 0. The van der Waals surface area contributed by atoms with Gasteiger partial charge in [0.1, 0.15) is 11.5 Å². The summed E-state index contributed by atoms with van der Waals surface area (Å²) in [6.45, 7) is 7.41. The zero-order valence-corrected chi connectivity index (χ0v) is 6.27. The Hall–Kier alpha value is -1.20. The number of furan rings is 1. The lowest BCUT2D eigenvalue weighted by atomic mass is 10.3. The molecule has 10 heavy (non-hydrogen) atoms. The molecule has 1 aromatic rings. The highest BCUT2D eigenvalue weighted by Gasteiger charge is 1.97. The standard InChI is InChI=1S/C9H10O/c1-4-5-9-6-7(2)8(3)10-9/h5-6H,1H2,2-3H3. The van der Waals surface area contributed by atoms with Crippen molar-refractivity contribution in [2.45, 2.75) is 13.8 Å². The molecule has 1 rings (SSSR count). The largest absolute Gasteiger partial charge is 0.461 e. The van der Waals surface area contributed by atoms with Gasteiger partial charge >= 0.3 is 0 Å². The van der Waals surface area contributed by atoms with Gasteiger partial charge in [0, 0.05) is 6.08 Å². The lowest BCUT2D eigenvalue weighted by Gasteiger charge is -1.81. The molecule has 52 valence electrons. The number of hydrogen-bond acceptors (Lipinski definition) is 1. The van der Waals surface area contributed by atoms with Gasteiger partial charge in [0.2, 0.25) is 0 Å². The van der Waals surface area contributed by atoms with Crippen molar-refractivity contribution >= 4 is 6.08 Å². The highest BCUT2D eigenvalue weighted by atomic mass is 16.3. The molecule has 1 heterocycles. The van der Waals surface area contributed by atoms with Crippen LogP contribution in [0.15, 0.2) is 22.8 Å². The van der Waals surface area contributed by atoms with Gasteiger partial charge in [-0.05, 0) is 25.5 Å². The average Bonchev–Trinajstić information content (AvgIpc) is 2.14. The van der Waals surface area contributed by atoms with Crippen LogP contribution in [0.4, 0.5) is 0 Å². The Bertz CT molecular complexity index is 255. The van der Waals surface area contributed by atoms with Crippen LogP contribution in [0.5, 0.6) is 0 Å². The van der Waals surface area contributed by atoms with Gasteiger partial charge in [-0.15, -0.1) is 5.73 Å². The van der Waals surface area contributed by atoms with E-state index in [1.165, 1.54) is 5.56 Å². The molecule has 1 heteroatoms. The predicted molar refractivity (Wildman–Crippen MR) is 41.8 cm³/mol. The highest BCUT2D eigenvalue weighted by molar-refractivity contribution is 5.43. The Kier molecular flexibility index (Phi) is 1.79. The topological polar surface area (TPSA) is 13.1 Å². The summed E-state index contributed by atoms with van der Waals surface area (Å²) in [5.41, 5.74) is 3.82. The molecule has 0 amide bonds. The van der Waals surface area contributed by atoms with E-state index in [-0.39, 0.29) is 0 Å². The molecule has 0 aromatic carbocycles. The van der Waals surface area contributed by atoms with Crippen LogP contribution in [0.1, 0.15) is 17.1 Å². The quantitative estimate of drug-likeness (QED) is 0.538. The summed E-state index contributed by atoms with van der Waals surface area (Å²) in [4.78, 5) is 0. The van der Waals surface area contributed by atoms with Crippen LogP contribution in [0.2, 0.25) is 0 Å². The normalized spacial score (nSPS) is 9.00. The molecule has 0 aliphatic heterocycles. The monoisotopic (exact) mass is 134 g/mol. The summed E-state index contributed by atoms with van der Waals surface area (Å²) < 4.78 is 5.30. The predicted octanol–water partition coefficient (Wildman–Crippen LogP) is 2.69. The Morgan fingerprint density at radius 1 is 1.60 bits per heavy atom. The zero-order valence-electron chi connectivity index (χ0n) is 6.27. The molecule has 0 atom stereocenters. The van der Waals surface area contributed by atoms with Crippen LogP contribution in [0.3, 0.4) is 0 Å². The van der Waals surface area contributed by atoms with Gasteiger partial charge < -0.3 is 4.42 Å². The fourth-order valence-electron chi connectivity index (χ4n) is 0.773. The molecule has 1 aromatic heterocycles. The minimum atomic E-state index is 0.824. The second-order valence-electron chi connectivity index (χ2n) is 2.24. The van der Waals surface area contributed by atoms with Crippen LogP contribution in [0.25, 0.3) is 6.08 Å². The van der Waals surface area contributed by atoms with E-state index in [2.05, 4.69) is 12.3 Å². The zero-order chi connectivity index (χ0) is 7.56. The first-order valence-corrected chi connectivity index (χ1v) is 3.17. The molecule has 0 fully saturated rings. The molecular weight excluding hydrogens is 124 g/mol. The van der Waals surface area contributed by atoms with Gasteiger partial charge in [-0.25, -0.2) is 0 Å². The van der Waals surface area contributed by atoms with E-state index in [9.17, 15) is 0 Å². The number of rotatable bonds is 1. The van der Waals surface area contributed by atoms with E-state index in [0.717, 1.165) is 11.5 Å². The van der Waals surface area contributed by atoms with Gasteiger partial charge in [-0.2, -0.15) is 0 Å². The van der Waals surface area contributed by atoms with Crippen LogP contribution in [-0.2, 0) is 0 Å². The maximum atomic E-state index is 5.30. The highest BCUT2D eigenvalue weighted by Crippen LogP contribution is 2.13. The fraction of sp³-hybridized carbons (Fsp3) is 0.222. The Morgan fingerprint density at radius 2 is 2.30 bits per heavy atom. The molecule has 1 nitrogen and oxygen atoms in total. The van der Waals surface area contributed by atoms with Crippen molar-refractivity contribution in [2.75, 3.05) is 0 Å². The van der Waals surface area contributed by atoms with Gasteiger partial charge in [0.25, 0.3) is 0 Å². The second kappa shape index (κ2) is 2.59. The van der Waals surface area contributed by atoms with E-state index in [1.807, 2.05) is 19.9 Å². The average molecular weight is 134 g/mol. The third kappa shape index (κ3) is 1.20. The van der Waals surface area contributed by atoms with E-state index in [1.54, 1.807) is 6.08 Å². The van der Waals surface area contributed by atoms with Crippen LogP contribution >= 0.6 is 0 Å². The van der Waals surface area contributed by atoms with Crippen molar-refractivity contribution in [1.82, 2.24) is 0 Å². The van der Waals surface area contributed by atoms with E-state index < -0.39 is 0 Å². The van der Waals surface area contributed by atoms with Crippen LogP contribution < -0.4 is 0 Å². The SMILES string of the molecule is C=C=Cc1cc(C)c(C)o1. The second-order valence-corrected chi connectivity index (χ2v) is 2.24. The molecule has 0 saturated heterocycles. The molecule has 0 aliphatic carbocycles. The molecule has 0 unspecified atom stereocenters. The minimum absolute atomic E-state index is 0.824. The van der Waals surface area contributed by atoms with Crippen molar-refractivity contribution in [3.63, 3.8) is 0 Å². The molecule has 0 saturated carbocycles. The van der Waals surface area contributed by atoms with Crippen LogP contribution in [0, 0.1) is 13.8 Å². The third-order valence-electron chi connectivity index (χ3n) is 1.43. The molecular formula is C9H10O. The van der Waals surface area contributed by atoms with Crippen LogP contribution in [-0.4, -0.2) is 0 Å². The van der Waals surface area contributed by atoms with Gasteiger partial charge in [0.15, 0.2) is 0 Å². The maximum Gasteiger partial charge on any atom is 0.134 e. The van der Waals surface area contributed by atoms with Gasteiger partial charge in [0.05, 0.1) is 0 Å². The molecule has 0 radical (unpaired) electrons. The Labute approximate surface area is 60.7 Å².